The molecule has 0 saturated carbocycles. The summed E-state index contributed by atoms with van der Waals surface area (Å²) >= 11 is 0. The topological polar surface area (TPSA) is 52.6 Å². The van der Waals surface area contributed by atoms with Crippen LogP contribution in [0.2, 0.25) is 0 Å². The maximum atomic E-state index is 13.2. The van der Waals surface area contributed by atoms with E-state index in [9.17, 15) is 9.59 Å². The summed E-state index contributed by atoms with van der Waals surface area (Å²) in [5.41, 5.74) is 10.1. The largest absolute Gasteiger partial charge is 0.465 e. The second-order valence-corrected chi connectivity index (χ2v) is 11.1. The van der Waals surface area contributed by atoms with Gasteiger partial charge in [0, 0.05) is 0 Å². The number of hydrogen-bond acceptors (Lipinski definition) is 4. The van der Waals surface area contributed by atoms with Gasteiger partial charge in [-0.3, -0.25) is 0 Å². The molecule has 5 aromatic rings. The SMILES string of the molecule is COC(=O)c1ccc(C(=O)Oc2c(C)cc(C(c3ccccc3)(c3ccccc3)c3cc(C)c(C)c(C)c3)cc2C)cc1. The average molecular weight is 569 g/mol. The Bertz CT molecular complexity index is 1700. The number of hydrogen-bond donors (Lipinski definition) is 0. The second kappa shape index (κ2) is 12.1. The fraction of sp³-hybridized carbons (Fsp3) is 0.179. The summed E-state index contributed by atoms with van der Waals surface area (Å²) < 4.78 is 10.7. The first-order chi connectivity index (χ1) is 20.7. The fourth-order valence-corrected chi connectivity index (χ4v) is 5.97. The molecule has 0 heterocycles. The number of esters is 2. The van der Waals surface area contributed by atoms with E-state index in [-0.39, 0.29) is 0 Å². The maximum absolute atomic E-state index is 13.2. The highest BCUT2D eigenvalue weighted by Crippen LogP contribution is 2.47. The molecule has 0 radical (unpaired) electrons. The van der Waals surface area contributed by atoms with Crippen molar-refractivity contribution in [3.05, 3.63) is 170 Å². The van der Waals surface area contributed by atoms with Gasteiger partial charge in [0.25, 0.3) is 0 Å². The Morgan fingerprint density at radius 3 is 1.33 bits per heavy atom. The number of rotatable bonds is 7. The molecule has 216 valence electrons. The van der Waals surface area contributed by atoms with E-state index in [1.165, 1.54) is 29.4 Å². The maximum Gasteiger partial charge on any atom is 0.343 e. The van der Waals surface area contributed by atoms with Crippen molar-refractivity contribution >= 4 is 11.9 Å². The van der Waals surface area contributed by atoms with Gasteiger partial charge in [-0.15, -0.1) is 0 Å². The smallest absolute Gasteiger partial charge is 0.343 e. The summed E-state index contributed by atoms with van der Waals surface area (Å²) in [5.74, 6) is -0.420. The van der Waals surface area contributed by atoms with Crippen LogP contribution in [0.1, 0.15) is 70.8 Å². The van der Waals surface area contributed by atoms with Gasteiger partial charge in [-0.05, 0) is 109 Å². The van der Waals surface area contributed by atoms with Crippen molar-refractivity contribution in [2.24, 2.45) is 0 Å². The highest BCUT2D eigenvalue weighted by atomic mass is 16.5. The average Bonchev–Trinajstić information content (AvgIpc) is 3.02. The number of carbonyl (C=O) groups is 2. The molecule has 0 aliphatic rings. The Morgan fingerprint density at radius 1 is 0.512 bits per heavy atom. The molecule has 0 spiro atoms. The van der Waals surface area contributed by atoms with E-state index >= 15 is 0 Å². The van der Waals surface area contributed by atoms with E-state index in [1.54, 1.807) is 24.3 Å². The minimum Gasteiger partial charge on any atom is -0.465 e. The molecule has 0 N–H and O–H groups in total. The van der Waals surface area contributed by atoms with Gasteiger partial charge >= 0.3 is 11.9 Å². The molecule has 4 heteroatoms. The molecule has 0 fully saturated rings. The summed E-state index contributed by atoms with van der Waals surface area (Å²) in [6, 6.07) is 36.3. The molecule has 0 atom stereocenters. The lowest BCUT2D eigenvalue weighted by Gasteiger charge is -2.38. The minimum atomic E-state index is -0.618. The Hall–Kier alpha value is -4.96. The van der Waals surface area contributed by atoms with Gasteiger partial charge in [0.2, 0.25) is 0 Å². The van der Waals surface area contributed by atoms with Crippen LogP contribution in [0.4, 0.5) is 0 Å². The second-order valence-electron chi connectivity index (χ2n) is 11.1. The summed E-state index contributed by atoms with van der Waals surface area (Å²) in [6.45, 7) is 10.5. The van der Waals surface area contributed by atoms with E-state index in [0.29, 0.717) is 16.9 Å². The quantitative estimate of drug-likeness (QED) is 0.112. The van der Waals surface area contributed by atoms with Crippen LogP contribution < -0.4 is 4.74 Å². The fourth-order valence-electron chi connectivity index (χ4n) is 5.97. The number of benzene rings is 5. The molecule has 4 nitrogen and oxygen atoms in total. The molecule has 0 saturated heterocycles. The van der Waals surface area contributed by atoms with Crippen molar-refractivity contribution in [3.63, 3.8) is 0 Å². The van der Waals surface area contributed by atoms with Crippen LogP contribution in [-0.4, -0.2) is 19.0 Å². The third-order valence-electron chi connectivity index (χ3n) is 8.40. The third-order valence-corrected chi connectivity index (χ3v) is 8.40. The zero-order valence-electron chi connectivity index (χ0n) is 25.5. The van der Waals surface area contributed by atoms with Gasteiger partial charge in [-0.1, -0.05) is 84.9 Å². The summed E-state index contributed by atoms with van der Waals surface area (Å²) in [7, 11) is 1.32. The van der Waals surface area contributed by atoms with Crippen molar-refractivity contribution in [3.8, 4) is 5.75 Å². The highest BCUT2D eigenvalue weighted by Gasteiger charge is 2.39. The molecule has 0 amide bonds. The standard InChI is InChI=1S/C39H36O4/c1-25-21-34(22-26(2)29(25)5)39(32-13-9-7-10-14-32,33-15-11-8-12-16-33)35-23-27(3)36(28(4)24-35)43-38(41)31-19-17-30(18-20-31)37(40)42-6/h7-24H,1-6H3. The number of methoxy groups -OCH3 is 1. The Morgan fingerprint density at radius 2 is 0.907 bits per heavy atom. The van der Waals surface area contributed by atoms with Crippen molar-refractivity contribution < 1.29 is 19.1 Å². The Kier molecular flexibility index (Phi) is 8.31. The molecule has 0 aliphatic heterocycles. The Labute approximate surface area is 253 Å². The monoisotopic (exact) mass is 568 g/mol. The normalized spacial score (nSPS) is 11.2. The van der Waals surface area contributed by atoms with Crippen LogP contribution in [0.15, 0.2) is 109 Å². The number of carbonyl (C=O) groups excluding carboxylic acids is 2. The zero-order valence-corrected chi connectivity index (χ0v) is 25.5. The van der Waals surface area contributed by atoms with Crippen molar-refractivity contribution in [2.45, 2.75) is 40.0 Å². The first-order valence-corrected chi connectivity index (χ1v) is 14.4. The van der Waals surface area contributed by atoms with Gasteiger partial charge in [0.15, 0.2) is 0 Å². The molecular formula is C39H36O4. The van der Waals surface area contributed by atoms with Crippen LogP contribution in [0.25, 0.3) is 0 Å². The van der Waals surface area contributed by atoms with E-state index < -0.39 is 17.4 Å². The molecular weight excluding hydrogens is 532 g/mol. The van der Waals surface area contributed by atoms with Crippen molar-refractivity contribution in [1.82, 2.24) is 0 Å². The molecule has 0 unspecified atom stereocenters. The molecule has 5 aromatic carbocycles. The molecule has 0 aliphatic carbocycles. The first kappa shape index (κ1) is 29.5. The molecule has 43 heavy (non-hydrogen) atoms. The van der Waals surface area contributed by atoms with Gasteiger partial charge in [0.05, 0.1) is 23.7 Å². The lowest BCUT2D eigenvalue weighted by Crippen LogP contribution is -2.31. The molecule has 0 bridgehead atoms. The predicted molar refractivity (Wildman–Crippen MR) is 171 cm³/mol. The van der Waals surface area contributed by atoms with Gasteiger partial charge in [-0.2, -0.15) is 0 Å². The van der Waals surface area contributed by atoms with Gasteiger partial charge in [0.1, 0.15) is 5.75 Å². The van der Waals surface area contributed by atoms with Crippen LogP contribution in [-0.2, 0) is 10.2 Å². The Balaban J connectivity index is 1.68. The number of aryl methyl sites for hydroxylation is 4. The summed E-state index contributed by atoms with van der Waals surface area (Å²) in [6.07, 6.45) is 0. The van der Waals surface area contributed by atoms with Crippen LogP contribution >= 0.6 is 0 Å². The van der Waals surface area contributed by atoms with Crippen LogP contribution in [0, 0.1) is 34.6 Å². The summed E-state index contributed by atoms with van der Waals surface area (Å²) in [4.78, 5) is 25.0. The predicted octanol–water partition coefficient (Wildman–Crippen LogP) is 8.62. The van der Waals surface area contributed by atoms with Gasteiger partial charge in [-0.25, -0.2) is 9.59 Å². The number of ether oxygens (including phenoxy) is 2. The van der Waals surface area contributed by atoms with E-state index in [1.807, 2.05) is 26.0 Å². The van der Waals surface area contributed by atoms with E-state index in [0.717, 1.165) is 27.8 Å². The molecule has 0 aromatic heterocycles. The van der Waals surface area contributed by atoms with Crippen molar-refractivity contribution in [1.29, 1.82) is 0 Å². The van der Waals surface area contributed by atoms with Crippen molar-refractivity contribution in [2.75, 3.05) is 7.11 Å². The first-order valence-electron chi connectivity index (χ1n) is 14.4. The van der Waals surface area contributed by atoms with Crippen LogP contribution in [0.5, 0.6) is 5.75 Å². The molecule has 5 rings (SSSR count). The highest BCUT2D eigenvalue weighted by molar-refractivity contribution is 5.94. The van der Waals surface area contributed by atoms with Gasteiger partial charge < -0.3 is 9.47 Å². The zero-order chi connectivity index (χ0) is 30.7. The minimum absolute atomic E-state index is 0.351. The lowest BCUT2D eigenvalue weighted by atomic mass is 9.64. The lowest BCUT2D eigenvalue weighted by molar-refractivity contribution is 0.0599. The van der Waals surface area contributed by atoms with Crippen LogP contribution in [0.3, 0.4) is 0 Å². The van der Waals surface area contributed by atoms with E-state index in [2.05, 4.69) is 93.6 Å². The third kappa shape index (κ3) is 5.49. The van der Waals surface area contributed by atoms with E-state index in [4.69, 9.17) is 9.47 Å². The summed E-state index contributed by atoms with van der Waals surface area (Å²) in [5, 5.41) is 0.